The minimum Gasteiger partial charge on any atom is -0.316 e. The fourth-order valence-corrected chi connectivity index (χ4v) is 2.40. The van der Waals surface area contributed by atoms with Gasteiger partial charge in [-0.2, -0.15) is 0 Å². The number of nitrogens with one attached hydrogen (secondary N) is 2. The fraction of sp³-hybridized carbons (Fsp3) is 0. The lowest BCUT2D eigenvalue weighted by Gasteiger charge is -1.95. The van der Waals surface area contributed by atoms with Gasteiger partial charge < -0.3 is 9.97 Å². The zero-order valence-corrected chi connectivity index (χ0v) is 13.9. The van der Waals surface area contributed by atoms with Crippen LogP contribution in [0.3, 0.4) is 0 Å². The molecule has 0 atom stereocenters. The molecular formula is C18H12Cl2N2O2. The van der Waals surface area contributed by atoms with Crippen molar-refractivity contribution in [2.24, 2.45) is 0 Å². The van der Waals surface area contributed by atoms with Crippen molar-refractivity contribution < 1.29 is 0 Å². The maximum atomic E-state index is 12.2. The van der Waals surface area contributed by atoms with E-state index < -0.39 is 0 Å². The van der Waals surface area contributed by atoms with Gasteiger partial charge in [-0.3, -0.25) is 9.59 Å². The van der Waals surface area contributed by atoms with Crippen molar-refractivity contribution in [3.63, 3.8) is 0 Å². The molecule has 24 heavy (non-hydrogen) atoms. The Morgan fingerprint density at radius 3 is 1.29 bits per heavy atom. The van der Waals surface area contributed by atoms with Gasteiger partial charge in [-0.1, -0.05) is 47.5 Å². The first-order valence-corrected chi connectivity index (χ1v) is 7.84. The number of hydrogen-bond donors (Lipinski definition) is 2. The summed E-state index contributed by atoms with van der Waals surface area (Å²) in [5, 5.41) is 1.55. The normalized spacial score (nSPS) is 12.6. The van der Waals surface area contributed by atoms with Crippen LogP contribution in [0.2, 0.25) is 10.0 Å². The van der Waals surface area contributed by atoms with Crippen LogP contribution in [0.4, 0.5) is 0 Å². The summed E-state index contributed by atoms with van der Waals surface area (Å²) in [6, 6.07) is 13.9. The Morgan fingerprint density at radius 1 is 0.625 bits per heavy atom. The first-order chi connectivity index (χ1) is 11.5. The fourth-order valence-electron chi connectivity index (χ4n) is 2.15. The van der Waals surface area contributed by atoms with Gasteiger partial charge in [-0.25, -0.2) is 0 Å². The summed E-state index contributed by atoms with van der Waals surface area (Å²) in [5.74, 6) is 0. The quantitative estimate of drug-likeness (QED) is 0.735. The summed E-state index contributed by atoms with van der Waals surface area (Å²) >= 11 is 11.7. The minimum atomic E-state index is -0.384. The molecular weight excluding hydrogens is 347 g/mol. The maximum Gasteiger partial charge on any atom is 0.272 e. The van der Waals surface area contributed by atoms with Gasteiger partial charge in [0.25, 0.3) is 11.1 Å². The highest BCUT2D eigenvalue weighted by Crippen LogP contribution is 2.10. The molecule has 2 N–H and O–H groups in total. The van der Waals surface area contributed by atoms with Gasteiger partial charge in [0, 0.05) is 10.0 Å². The van der Waals surface area contributed by atoms with Gasteiger partial charge in [0.2, 0.25) is 0 Å². The Hall–Kier alpha value is -2.56. The van der Waals surface area contributed by atoms with Crippen molar-refractivity contribution in [3.8, 4) is 0 Å². The van der Waals surface area contributed by atoms with Crippen molar-refractivity contribution in [1.82, 2.24) is 9.97 Å². The topological polar surface area (TPSA) is 65.7 Å². The number of hydrogen-bond acceptors (Lipinski definition) is 2. The Labute approximate surface area is 146 Å². The Morgan fingerprint density at radius 2 is 0.958 bits per heavy atom. The van der Waals surface area contributed by atoms with E-state index in [2.05, 4.69) is 9.97 Å². The molecule has 0 radical (unpaired) electrons. The van der Waals surface area contributed by atoms with Gasteiger partial charge in [0.15, 0.2) is 0 Å². The molecule has 120 valence electrons. The molecule has 3 rings (SSSR count). The predicted octanol–water partition coefficient (Wildman–Crippen LogP) is 2.03. The lowest BCUT2D eigenvalue weighted by atomic mass is 10.2. The summed E-state index contributed by atoms with van der Waals surface area (Å²) in [4.78, 5) is 29.6. The number of H-pyrrole nitrogens is 2. The monoisotopic (exact) mass is 358 g/mol. The van der Waals surface area contributed by atoms with Crippen LogP contribution < -0.4 is 21.8 Å². The summed E-state index contributed by atoms with van der Waals surface area (Å²) in [6.45, 7) is 0. The van der Waals surface area contributed by atoms with E-state index in [4.69, 9.17) is 23.2 Å². The van der Waals surface area contributed by atoms with Gasteiger partial charge in [0.05, 0.1) is 0 Å². The number of aromatic amines is 2. The average Bonchev–Trinajstić information content (AvgIpc) is 2.56. The number of halogens is 2. The molecule has 0 unspecified atom stereocenters. The van der Waals surface area contributed by atoms with Crippen LogP contribution in [0.25, 0.3) is 12.2 Å². The van der Waals surface area contributed by atoms with E-state index in [0.717, 1.165) is 11.1 Å². The second-order valence-corrected chi connectivity index (χ2v) is 6.00. The molecule has 0 aliphatic heterocycles. The first kappa shape index (κ1) is 16.3. The van der Waals surface area contributed by atoms with Crippen LogP contribution in [0, 0.1) is 0 Å². The average molecular weight is 359 g/mol. The van der Waals surface area contributed by atoms with Crippen LogP contribution in [0.5, 0.6) is 0 Å². The van der Waals surface area contributed by atoms with Crippen LogP contribution in [0.1, 0.15) is 11.1 Å². The van der Waals surface area contributed by atoms with Crippen molar-refractivity contribution in [1.29, 1.82) is 0 Å². The highest BCUT2D eigenvalue weighted by molar-refractivity contribution is 6.30. The van der Waals surface area contributed by atoms with Crippen LogP contribution in [-0.2, 0) is 0 Å². The third-order valence-corrected chi connectivity index (χ3v) is 3.85. The SMILES string of the molecule is O=c1[nH]/c(=C/c2ccc(Cl)cc2)c(=O)[nH]/c1=C\c1ccc(Cl)cc1. The predicted molar refractivity (Wildman–Crippen MR) is 97.0 cm³/mol. The molecule has 0 bridgehead atoms. The lowest BCUT2D eigenvalue weighted by Crippen LogP contribution is -2.46. The summed E-state index contributed by atoms with van der Waals surface area (Å²) in [7, 11) is 0. The van der Waals surface area contributed by atoms with E-state index in [1.165, 1.54) is 0 Å². The zero-order chi connectivity index (χ0) is 17.1. The van der Waals surface area contributed by atoms with Gasteiger partial charge in [-0.15, -0.1) is 0 Å². The van der Waals surface area contributed by atoms with E-state index >= 15 is 0 Å². The molecule has 1 heterocycles. The molecule has 0 aliphatic carbocycles. The lowest BCUT2D eigenvalue weighted by molar-refractivity contribution is 1.00. The molecule has 0 saturated carbocycles. The van der Waals surface area contributed by atoms with Crippen molar-refractivity contribution >= 4 is 35.4 Å². The van der Waals surface area contributed by atoms with E-state index in [-0.39, 0.29) is 21.8 Å². The van der Waals surface area contributed by atoms with Crippen molar-refractivity contribution in [2.45, 2.75) is 0 Å². The van der Waals surface area contributed by atoms with E-state index in [1.54, 1.807) is 60.7 Å². The molecule has 0 saturated heterocycles. The highest BCUT2D eigenvalue weighted by Gasteiger charge is 1.97. The van der Waals surface area contributed by atoms with E-state index in [0.29, 0.717) is 10.0 Å². The summed E-state index contributed by atoms with van der Waals surface area (Å²) in [6.07, 6.45) is 3.17. The minimum absolute atomic E-state index is 0.176. The Bertz CT molecular complexity index is 1000. The molecule has 1 aromatic heterocycles. The zero-order valence-electron chi connectivity index (χ0n) is 12.3. The molecule has 2 aromatic carbocycles. The van der Waals surface area contributed by atoms with Gasteiger partial charge >= 0.3 is 0 Å². The third-order valence-electron chi connectivity index (χ3n) is 3.35. The van der Waals surface area contributed by atoms with Gasteiger partial charge in [-0.05, 0) is 47.5 Å². The van der Waals surface area contributed by atoms with Crippen molar-refractivity contribution in [3.05, 3.63) is 101 Å². The van der Waals surface area contributed by atoms with Crippen LogP contribution in [-0.4, -0.2) is 9.97 Å². The highest BCUT2D eigenvalue weighted by atomic mass is 35.5. The van der Waals surface area contributed by atoms with Crippen LogP contribution in [0.15, 0.2) is 58.1 Å². The summed E-state index contributed by atoms with van der Waals surface area (Å²) in [5.41, 5.74) is 0.750. The molecule has 6 heteroatoms. The van der Waals surface area contributed by atoms with E-state index in [1.807, 2.05) is 0 Å². The van der Waals surface area contributed by atoms with Crippen LogP contribution >= 0.6 is 23.2 Å². The second-order valence-electron chi connectivity index (χ2n) is 5.13. The van der Waals surface area contributed by atoms with E-state index in [9.17, 15) is 9.59 Å². The number of rotatable bonds is 2. The largest absolute Gasteiger partial charge is 0.316 e. The molecule has 0 spiro atoms. The van der Waals surface area contributed by atoms with Gasteiger partial charge in [0.1, 0.15) is 10.7 Å². The third kappa shape index (κ3) is 3.85. The first-order valence-electron chi connectivity index (χ1n) is 7.08. The number of benzene rings is 2. The standard InChI is InChI=1S/C18H12Cl2N2O2/c19-13-5-1-11(2-6-13)9-15-17(23)22-16(18(24)21-15)10-12-3-7-14(20)8-4-12/h1-10H,(H,21,24)(H,22,23)/b15-9-,16-10+. The number of aromatic nitrogens is 2. The molecule has 4 nitrogen and oxygen atoms in total. The van der Waals surface area contributed by atoms with Crippen molar-refractivity contribution in [2.75, 3.05) is 0 Å². The Kier molecular flexibility index (Phi) is 4.69. The molecule has 0 amide bonds. The molecule has 3 aromatic rings. The second kappa shape index (κ2) is 6.91. The smallest absolute Gasteiger partial charge is 0.272 e. The molecule has 0 aliphatic rings. The Balaban J connectivity index is 2.09. The maximum absolute atomic E-state index is 12.2. The summed E-state index contributed by atoms with van der Waals surface area (Å²) < 4.78 is 0. The molecule has 0 fully saturated rings.